The number of likely N-dealkylation sites (N-methyl/N-ethyl adjacent to an activating group) is 1. The van der Waals surface area contributed by atoms with E-state index in [1.165, 1.54) is 4.90 Å². The second-order valence-corrected chi connectivity index (χ2v) is 4.38. The molecule has 0 spiro atoms. The number of rotatable bonds is 2. The van der Waals surface area contributed by atoms with Crippen LogP contribution in [0.1, 0.15) is 23.0 Å². The number of amides is 1. The third-order valence-electron chi connectivity index (χ3n) is 3.26. The molecule has 19 heavy (non-hydrogen) atoms. The van der Waals surface area contributed by atoms with E-state index in [0.29, 0.717) is 26.2 Å². The van der Waals surface area contributed by atoms with Gasteiger partial charge in [0, 0.05) is 26.2 Å². The summed E-state index contributed by atoms with van der Waals surface area (Å²) in [5, 5.41) is 5.19. The Labute approximate surface area is 108 Å². The van der Waals surface area contributed by atoms with E-state index < -0.39 is 23.3 Å². The van der Waals surface area contributed by atoms with E-state index in [9.17, 15) is 18.0 Å². The Morgan fingerprint density at radius 1 is 1.37 bits per heavy atom. The summed E-state index contributed by atoms with van der Waals surface area (Å²) < 4.78 is 38.0. The molecule has 0 unspecified atom stereocenters. The molecule has 2 heterocycles. The molecule has 2 rings (SSSR count). The van der Waals surface area contributed by atoms with E-state index in [4.69, 9.17) is 0 Å². The summed E-state index contributed by atoms with van der Waals surface area (Å²) in [6, 6.07) is 0. The van der Waals surface area contributed by atoms with Gasteiger partial charge in [0.25, 0.3) is 5.91 Å². The Balaban J connectivity index is 2.11. The van der Waals surface area contributed by atoms with E-state index in [1.807, 2.05) is 12.0 Å². The number of carbonyl (C=O) groups is 1. The maximum atomic E-state index is 12.7. The van der Waals surface area contributed by atoms with Crippen molar-refractivity contribution in [3.63, 3.8) is 0 Å². The van der Waals surface area contributed by atoms with Crippen LogP contribution in [0.4, 0.5) is 13.2 Å². The van der Waals surface area contributed by atoms with Gasteiger partial charge in [-0.05, 0) is 6.54 Å². The predicted octanol–water partition coefficient (Wildman–Crippen LogP) is 1.21. The zero-order valence-electron chi connectivity index (χ0n) is 10.5. The number of hydrogen-bond donors (Lipinski definition) is 1. The zero-order chi connectivity index (χ0) is 14.0. The maximum Gasteiger partial charge on any atom is 0.433 e. The van der Waals surface area contributed by atoms with Crippen molar-refractivity contribution in [2.75, 3.05) is 32.7 Å². The molecule has 1 N–H and O–H groups in total. The number of hydrogen-bond acceptors (Lipinski definition) is 3. The predicted molar refractivity (Wildman–Crippen MR) is 61.6 cm³/mol. The van der Waals surface area contributed by atoms with Crippen molar-refractivity contribution < 1.29 is 18.0 Å². The fraction of sp³-hybridized carbons (Fsp3) is 0.636. The lowest BCUT2D eigenvalue weighted by atomic mass is 10.2. The average Bonchev–Trinajstić information content (AvgIpc) is 2.87. The minimum atomic E-state index is -4.59. The van der Waals surface area contributed by atoms with Gasteiger partial charge in [0.2, 0.25) is 0 Å². The molecule has 1 saturated heterocycles. The summed E-state index contributed by atoms with van der Waals surface area (Å²) in [7, 11) is 0. The monoisotopic (exact) mass is 276 g/mol. The highest BCUT2D eigenvalue weighted by molar-refractivity contribution is 5.95. The fourth-order valence-electron chi connectivity index (χ4n) is 2.10. The van der Waals surface area contributed by atoms with Crippen LogP contribution in [0.25, 0.3) is 0 Å². The third kappa shape index (κ3) is 2.89. The molecule has 1 fully saturated rings. The van der Waals surface area contributed by atoms with Crippen LogP contribution in [0.15, 0.2) is 6.20 Å². The van der Waals surface area contributed by atoms with Crippen LogP contribution in [0.2, 0.25) is 0 Å². The zero-order valence-corrected chi connectivity index (χ0v) is 10.5. The van der Waals surface area contributed by atoms with Crippen LogP contribution in [-0.2, 0) is 6.18 Å². The fourth-order valence-corrected chi connectivity index (χ4v) is 2.10. The summed E-state index contributed by atoms with van der Waals surface area (Å²) in [5.41, 5.74) is -1.48. The Morgan fingerprint density at radius 3 is 2.53 bits per heavy atom. The van der Waals surface area contributed by atoms with Crippen LogP contribution < -0.4 is 0 Å². The van der Waals surface area contributed by atoms with Crippen LogP contribution in [0.3, 0.4) is 0 Å². The standard InChI is InChI=1S/C11H15F3N4O/c1-2-17-3-5-18(6-4-17)10(19)8-7-15-16-9(8)11(12,13)14/h7H,2-6H2,1H3,(H,15,16). The van der Waals surface area contributed by atoms with Gasteiger partial charge in [-0.2, -0.15) is 18.3 Å². The number of nitrogens with zero attached hydrogens (tertiary/aromatic N) is 3. The lowest BCUT2D eigenvalue weighted by Crippen LogP contribution is -2.48. The molecule has 0 bridgehead atoms. The topological polar surface area (TPSA) is 52.2 Å². The Kier molecular flexibility index (Phi) is 3.79. The number of carbonyl (C=O) groups excluding carboxylic acids is 1. The number of H-pyrrole nitrogens is 1. The van der Waals surface area contributed by atoms with Crippen molar-refractivity contribution >= 4 is 5.91 Å². The lowest BCUT2D eigenvalue weighted by molar-refractivity contribution is -0.141. The van der Waals surface area contributed by atoms with Gasteiger partial charge >= 0.3 is 6.18 Å². The van der Waals surface area contributed by atoms with Crippen LogP contribution in [0.5, 0.6) is 0 Å². The van der Waals surface area contributed by atoms with Gasteiger partial charge in [-0.25, -0.2) is 0 Å². The highest BCUT2D eigenvalue weighted by Gasteiger charge is 2.38. The van der Waals surface area contributed by atoms with Crippen molar-refractivity contribution in [3.8, 4) is 0 Å². The first-order valence-electron chi connectivity index (χ1n) is 6.05. The number of piperazine rings is 1. The largest absolute Gasteiger partial charge is 0.433 e. The Hall–Kier alpha value is -1.57. The summed E-state index contributed by atoms with van der Waals surface area (Å²) in [6.45, 7) is 5.13. The summed E-state index contributed by atoms with van der Waals surface area (Å²) in [5.74, 6) is -0.614. The quantitative estimate of drug-likeness (QED) is 0.883. The first kappa shape index (κ1) is 13.9. The van der Waals surface area contributed by atoms with Gasteiger partial charge in [0.15, 0.2) is 5.69 Å². The summed E-state index contributed by atoms with van der Waals surface area (Å²) in [6.07, 6.45) is -3.65. The lowest BCUT2D eigenvalue weighted by Gasteiger charge is -2.34. The van der Waals surface area contributed by atoms with E-state index >= 15 is 0 Å². The minimum absolute atomic E-state index is 0.405. The normalized spacial score (nSPS) is 17.8. The number of nitrogens with one attached hydrogen (secondary N) is 1. The average molecular weight is 276 g/mol. The number of halogens is 3. The van der Waals surface area contributed by atoms with Gasteiger partial charge in [-0.3, -0.25) is 9.89 Å². The molecule has 5 nitrogen and oxygen atoms in total. The molecular weight excluding hydrogens is 261 g/mol. The highest BCUT2D eigenvalue weighted by atomic mass is 19.4. The Morgan fingerprint density at radius 2 is 2.00 bits per heavy atom. The number of aromatic amines is 1. The molecule has 0 atom stereocenters. The maximum absolute atomic E-state index is 12.7. The summed E-state index contributed by atoms with van der Waals surface area (Å²) in [4.78, 5) is 15.7. The SMILES string of the molecule is CCN1CCN(C(=O)c2cn[nH]c2C(F)(F)F)CC1. The summed E-state index contributed by atoms with van der Waals surface area (Å²) >= 11 is 0. The second kappa shape index (κ2) is 5.20. The molecule has 1 amide bonds. The first-order valence-corrected chi connectivity index (χ1v) is 6.05. The van der Waals surface area contributed by atoms with Gasteiger partial charge in [0.05, 0.1) is 11.8 Å². The minimum Gasteiger partial charge on any atom is -0.336 e. The number of alkyl halides is 3. The highest BCUT2D eigenvalue weighted by Crippen LogP contribution is 2.30. The molecule has 1 aliphatic rings. The van der Waals surface area contributed by atoms with Crippen molar-refractivity contribution in [1.82, 2.24) is 20.0 Å². The smallest absolute Gasteiger partial charge is 0.336 e. The van der Waals surface area contributed by atoms with Crippen molar-refractivity contribution in [2.24, 2.45) is 0 Å². The van der Waals surface area contributed by atoms with Crippen LogP contribution in [0, 0.1) is 0 Å². The van der Waals surface area contributed by atoms with E-state index in [2.05, 4.69) is 10.00 Å². The molecule has 0 saturated carbocycles. The van der Waals surface area contributed by atoms with E-state index in [0.717, 1.165) is 12.7 Å². The van der Waals surface area contributed by atoms with Gasteiger partial charge in [0.1, 0.15) is 0 Å². The molecule has 1 aromatic heterocycles. The van der Waals surface area contributed by atoms with E-state index in [1.54, 1.807) is 0 Å². The molecular formula is C11H15F3N4O. The molecule has 0 radical (unpaired) electrons. The van der Waals surface area contributed by atoms with Gasteiger partial charge in [-0.1, -0.05) is 6.92 Å². The van der Waals surface area contributed by atoms with Crippen LogP contribution >= 0.6 is 0 Å². The number of aromatic nitrogens is 2. The molecule has 0 aliphatic carbocycles. The Bertz CT molecular complexity index is 449. The molecule has 0 aromatic carbocycles. The van der Waals surface area contributed by atoms with E-state index in [-0.39, 0.29) is 0 Å². The van der Waals surface area contributed by atoms with Gasteiger partial charge in [-0.15, -0.1) is 0 Å². The second-order valence-electron chi connectivity index (χ2n) is 4.38. The van der Waals surface area contributed by atoms with Crippen LogP contribution in [-0.4, -0.2) is 58.6 Å². The third-order valence-corrected chi connectivity index (χ3v) is 3.26. The molecule has 1 aromatic rings. The molecule has 1 aliphatic heterocycles. The first-order chi connectivity index (χ1) is 8.93. The van der Waals surface area contributed by atoms with Crippen molar-refractivity contribution in [2.45, 2.75) is 13.1 Å². The van der Waals surface area contributed by atoms with Crippen molar-refractivity contribution in [1.29, 1.82) is 0 Å². The molecule has 8 heteroatoms. The molecule has 106 valence electrons. The van der Waals surface area contributed by atoms with Gasteiger partial charge < -0.3 is 9.80 Å². The van der Waals surface area contributed by atoms with Crippen molar-refractivity contribution in [3.05, 3.63) is 17.5 Å².